The first-order valence-electron chi connectivity index (χ1n) is 7.46. The summed E-state index contributed by atoms with van der Waals surface area (Å²) in [4.78, 5) is 37.6. The van der Waals surface area contributed by atoms with Gasteiger partial charge in [0.25, 0.3) is 11.8 Å². The van der Waals surface area contributed by atoms with E-state index in [2.05, 4.69) is 0 Å². The molecule has 0 spiro atoms. The zero-order valence-electron chi connectivity index (χ0n) is 12.8. The number of carboxylic acids is 1. The molecule has 6 heteroatoms. The van der Waals surface area contributed by atoms with Crippen molar-refractivity contribution in [1.82, 2.24) is 0 Å². The second kappa shape index (κ2) is 5.17. The summed E-state index contributed by atoms with van der Waals surface area (Å²) in [6, 6.07) is 13.8. The fraction of sp³-hybridized carbons (Fsp3) is 0. The van der Waals surface area contributed by atoms with Gasteiger partial charge in [0.15, 0.2) is 0 Å². The summed E-state index contributed by atoms with van der Waals surface area (Å²) in [5.41, 5.74) is 0.524. The smallest absolute Gasteiger partial charge is 0.335 e. The monoisotopic (exact) mass is 333 g/mol. The molecule has 3 aromatic carbocycles. The number of carboxylic acid groups (broad SMARTS) is 1. The zero-order valence-corrected chi connectivity index (χ0v) is 12.8. The molecule has 0 aliphatic carbocycles. The lowest BCUT2D eigenvalue weighted by Gasteiger charge is -2.27. The molecule has 0 saturated heterocycles. The number of benzene rings is 3. The van der Waals surface area contributed by atoms with E-state index in [0.717, 1.165) is 16.4 Å². The van der Waals surface area contributed by atoms with Gasteiger partial charge in [-0.15, -0.1) is 0 Å². The summed E-state index contributed by atoms with van der Waals surface area (Å²) in [5, 5.41) is 20.5. The third kappa shape index (κ3) is 2.08. The molecular formula is C19H11NO5. The lowest BCUT2D eigenvalue weighted by molar-refractivity contribution is 0.0696. The number of imide groups is 1. The number of rotatable bonds is 2. The molecule has 0 saturated carbocycles. The van der Waals surface area contributed by atoms with Crippen LogP contribution < -0.4 is 4.90 Å². The van der Waals surface area contributed by atoms with Crippen LogP contribution in [-0.2, 0) is 0 Å². The molecule has 0 atom stereocenters. The molecule has 3 aromatic rings. The highest BCUT2D eigenvalue weighted by Crippen LogP contribution is 2.36. The van der Waals surface area contributed by atoms with E-state index in [1.807, 2.05) is 12.1 Å². The maximum atomic E-state index is 12.9. The molecular weight excluding hydrogens is 322 g/mol. The van der Waals surface area contributed by atoms with E-state index >= 15 is 0 Å². The predicted octanol–water partition coefficient (Wildman–Crippen LogP) is 3.04. The number of hydrogen-bond acceptors (Lipinski definition) is 4. The SMILES string of the molecule is O=C(O)c1ccc(N2C(=O)c3cccc4cccc(c34)C2=O)c(O)c1. The van der Waals surface area contributed by atoms with Crippen LogP contribution in [0.2, 0.25) is 0 Å². The van der Waals surface area contributed by atoms with Crippen LogP contribution in [0.5, 0.6) is 5.75 Å². The molecule has 4 rings (SSSR count). The first kappa shape index (κ1) is 14.9. The Bertz CT molecular complexity index is 1040. The normalized spacial score (nSPS) is 13.4. The van der Waals surface area contributed by atoms with Crippen LogP contribution in [0.4, 0.5) is 5.69 Å². The summed E-state index contributed by atoms with van der Waals surface area (Å²) < 4.78 is 0. The van der Waals surface area contributed by atoms with Crippen molar-refractivity contribution in [1.29, 1.82) is 0 Å². The van der Waals surface area contributed by atoms with E-state index in [-0.39, 0.29) is 11.3 Å². The van der Waals surface area contributed by atoms with Crippen LogP contribution in [0, 0.1) is 0 Å². The number of carbonyl (C=O) groups is 3. The Balaban J connectivity index is 1.93. The van der Waals surface area contributed by atoms with Crippen LogP contribution >= 0.6 is 0 Å². The molecule has 1 aliphatic heterocycles. The fourth-order valence-corrected chi connectivity index (χ4v) is 3.09. The van der Waals surface area contributed by atoms with Gasteiger partial charge in [0.05, 0.1) is 11.3 Å². The van der Waals surface area contributed by atoms with Gasteiger partial charge >= 0.3 is 5.97 Å². The van der Waals surface area contributed by atoms with Gasteiger partial charge in [-0.05, 0) is 35.7 Å². The molecule has 0 fully saturated rings. The molecule has 0 bridgehead atoms. The van der Waals surface area contributed by atoms with E-state index < -0.39 is 23.5 Å². The molecule has 2 amide bonds. The molecule has 6 nitrogen and oxygen atoms in total. The minimum Gasteiger partial charge on any atom is -0.506 e. The van der Waals surface area contributed by atoms with E-state index in [1.165, 1.54) is 12.1 Å². The number of carbonyl (C=O) groups excluding carboxylic acids is 2. The predicted molar refractivity (Wildman–Crippen MR) is 90.2 cm³/mol. The number of aromatic hydroxyl groups is 1. The summed E-state index contributed by atoms with van der Waals surface area (Å²) in [6.45, 7) is 0. The number of aromatic carboxylic acids is 1. The maximum absolute atomic E-state index is 12.9. The quantitative estimate of drug-likeness (QED) is 0.703. The summed E-state index contributed by atoms with van der Waals surface area (Å²) in [5.74, 6) is -2.79. The Morgan fingerprint density at radius 1 is 0.880 bits per heavy atom. The van der Waals surface area contributed by atoms with E-state index in [1.54, 1.807) is 24.3 Å². The zero-order chi connectivity index (χ0) is 17.7. The standard InChI is InChI=1S/C19H11NO5/c21-15-9-11(19(24)25)7-8-14(15)20-17(22)12-5-1-3-10-4-2-6-13(16(10)12)18(20)23/h1-9,21H,(H,24,25). The number of hydrogen-bond donors (Lipinski definition) is 2. The fourth-order valence-electron chi connectivity index (χ4n) is 3.09. The Kier molecular flexibility index (Phi) is 3.08. The van der Waals surface area contributed by atoms with Gasteiger partial charge in [-0.1, -0.05) is 24.3 Å². The number of phenols is 1. The lowest BCUT2D eigenvalue weighted by Crippen LogP contribution is -2.40. The van der Waals surface area contributed by atoms with Crippen LogP contribution in [0.25, 0.3) is 10.8 Å². The number of amides is 2. The Hall–Kier alpha value is -3.67. The van der Waals surface area contributed by atoms with Crippen LogP contribution in [0.15, 0.2) is 54.6 Å². The van der Waals surface area contributed by atoms with Crippen LogP contribution in [-0.4, -0.2) is 28.0 Å². The molecule has 1 aliphatic rings. The first-order valence-corrected chi connectivity index (χ1v) is 7.46. The highest BCUT2D eigenvalue weighted by Gasteiger charge is 2.35. The second-order valence-corrected chi connectivity index (χ2v) is 5.66. The molecule has 2 N–H and O–H groups in total. The van der Waals surface area contributed by atoms with Crippen molar-refractivity contribution in [2.24, 2.45) is 0 Å². The number of phenolic OH excluding ortho intramolecular Hbond substituents is 1. The van der Waals surface area contributed by atoms with Crippen molar-refractivity contribution in [3.8, 4) is 5.75 Å². The first-order chi connectivity index (χ1) is 12.0. The third-order valence-electron chi connectivity index (χ3n) is 4.23. The molecule has 0 aromatic heterocycles. The van der Waals surface area contributed by atoms with E-state index in [9.17, 15) is 19.5 Å². The summed E-state index contributed by atoms with van der Waals surface area (Å²) in [7, 11) is 0. The molecule has 25 heavy (non-hydrogen) atoms. The van der Waals surface area contributed by atoms with Gasteiger partial charge in [-0.25, -0.2) is 9.69 Å². The molecule has 0 unspecified atom stereocenters. The van der Waals surface area contributed by atoms with Gasteiger partial charge in [0, 0.05) is 16.5 Å². The lowest BCUT2D eigenvalue weighted by atomic mass is 9.93. The van der Waals surface area contributed by atoms with Crippen molar-refractivity contribution in [3.63, 3.8) is 0 Å². The Labute approximate surface area is 141 Å². The third-order valence-corrected chi connectivity index (χ3v) is 4.23. The highest BCUT2D eigenvalue weighted by molar-refractivity contribution is 6.36. The second-order valence-electron chi connectivity index (χ2n) is 5.66. The van der Waals surface area contributed by atoms with Gasteiger partial charge < -0.3 is 10.2 Å². The van der Waals surface area contributed by atoms with Crippen molar-refractivity contribution in [2.45, 2.75) is 0 Å². The van der Waals surface area contributed by atoms with Crippen LogP contribution in [0.1, 0.15) is 31.1 Å². The Morgan fingerprint density at radius 3 is 2.00 bits per heavy atom. The summed E-state index contributed by atoms with van der Waals surface area (Å²) in [6.07, 6.45) is 0. The average molecular weight is 333 g/mol. The van der Waals surface area contributed by atoms with Gasteiger partial charge in [-0.3, -0.25) is 9.59 Å². The number of nitrogens with zero attached hydrogens (tertiary/aromatic N) is 1. The van der Waals surface area contributed by atoms with Crippen molar-refractivity contribution < 1.29 is 24.6 Å². The number of anilines is 1. The van der Waals surface area contributed by atoms with Gasteiger partial charge in [0.1, 0.15) is 5.75 Å². The van der Waals surface area contributed by atoms with Crippen molar-refractivity contribution >= 4 is 34.2 Å². The van der Waals surface area contributed by atoms with E-state index in [0.29, 0.717) is 16.5 Å². The maximum Gasteiger partial charge on any atom is 0.335 e. The van der Waals surface area contributed by atoms with Crippen molar-refractivity contribution in [3.05, 3.63) is 71.3 Å². The van der Waals surface area contributed by atoms with Crippen LogP contribution in [0.3, 0.4) is 0 Å². The minimum absolute atomic E-state index is 0.0495. The average Bonchev–Trinajstić information content (AvgIpc) is 2.60. The van der Waals surface area contributed by atoms with Gasteiger partial charge in [0.2, 0.25) is 0 Å². The van der Waals surface area contributed by atoms with Gasteiger partial charge in [-0.2, -0.15) is 0 Å². The molecule has 122 valence electrons. The minimum atomic E-state index is -1.21. The largest absolute Gasteiger partial charge is 0.506 e. The molecule has 1 heterocycles. The van der Waals surface area contributed by atoms with E-state index in [4.69, 9.17) is 5.11 Å². The summed E-state index contributed by atoms with van der Waals surface area (Å²) >= 11 is 0. The van der Waals surface area contributed by atoms with Crippen molar-refractivity contribution in [2.75, 3.05) is 4.90 Å². The molecule has 0 radical (unpaired) electrons. The Morgan fingerprint density at radius 2 is 1.48 bits per heavy atom. The topological polar surface area (TPSA) is 94.9 Å². The highest BCUT2D eigenvalue weighted by atomic mass is 16.4.